The van der Waals surface area contributed by atoms with Gasteiger partial charge in [0.2, 0.25) is 11.8 Å². The average Bonchev–Trinajstić information content (AvgIpc) is 2.27. The van der Waals surface area contributed by atoms with Crippen molar-refractivity contribution in [1.82, 2.24) is 10.6 Å². The summed E-state index contributed by atoms with van der Waals surface area (Å²) >= 11 is 0. The van der Waals surface area contributed by atoms with Crippen LogP contribution in [0.25, 0.3) is 0 Å². The molecule has 0 saturated heterocycles. The minimum absolute atomic E-state index is 0.0409. The average molecular weight is 227 g/mol. The van der Waals surface area contributed by atoms with Crippen molar-refractivity contribution in [3.63, 3.8) is 0 Å². The second-order valence-electron chi connectivity index (χ2n) is 4.41. The molecule has 16 heavy (non-hydrogen) atoms. The first-order valence-electron chi connectivity index (χ1n) is 5.91. The first-order valence-corrected chi connectivity index (χ1v) is 5.91. The fourth-order valence-electron chi connectivity index (χ4n) is 1.92. The summed E-state index contributed by atoms with van der Waals surface area (Å²) in [5.74, 6) is -0.495. The van der Waals surface area contributed by atoms with Gasteiger partial charge in [-0.1, -0.05) is 19.3 Å². The molecular weight excluding hydrogens is 206 g/mol. The van der Waals surface area contributed by atoms with E-state index in [-0.39, 0.29) is 18.5 Å². The summed E-state index contributed by atoms with van der Waals surface area (Å²) in [7, 11) is 0. The summed E-state index contributed by atoms with van der Waals surface area (Å²) in [6.45, 7) is 1.78. The Kier molecular flexibility index (Phi) is 5.25. The smallest absolute Gasteiger partial charge is 0.237 e. The van der Waals surface area contributed by atoms with E-state index in [1.807, 2.05) is 0 Å². The van der Waals surface area contributed by atoms with E-state index in [1.165, 1.54) is 19.3 Å². The maximum Gasteiger partial charge on any atom is 0.237 e. The third kappa shape index (κ3) is 4.61. The zero-order valence-corrected chi connectivity index (χ0v) is 9.79. The SMILES string of the molecule is CC(NCC(N)=O)C(=O)NC1CCCCC1. The number of carbonyl (C=O) groups excluding carboxylic acids is 2. The molecule has 0 aromatic heterocycles. The van der Waals surface area contributed by atoms with Crippen molar-refractivity contribution in [3.8, 4) is 0 Å². The van der Waals surface area contributed by atoms with Crippen LogP contribution in [0.1, 0.15) is 39.0 Å². The van der Waals surface area contributed by atoms with E-state index >= 15 is 0 Å². The first kappa shape index (κ1) is 13.0. The van der Waals surface area contributed by atoms with Gasteiger partial charge >= 0.3 is 0 Å². The molecule has 92 valence electrons. The van der Waals surface area contributed by atoms with E-state index in [4.69, 9.17) is 5.73 Å². The molecule has 1 unspecified atom stereocenters. The normalized spacial score (nSPS) is 19.1. The monoisotopic (exact) mass is 227 g/mol. The highest BCUT2D eigenvalue weighted by molar-refractivity contribution is 5.83. The minimum Gasteiger partial charge on any atom is -0.369 e. The lowest BCUT2D eigenvalue weighted by Gasteiger charge is -2.24. The number of carbonyl (C=O) groups is 2. The van der Waals surface area contributed by atoms with Crippen LogP contribution in [-0.2, 0) is 9.59 Å². The van der Waals surface area contributed by atoms with Gasteiger partial charge in [0.1, 0.15) is 0 Å². The quantitative estimate of drug-likeness (QED) is 0.613. The zero-order chi connectivity index (χ0) is 12.0. The predicted octanol–water partition coefficient (Wildman–Crippen LogP) is -0.101. The number of hydrogen-bond donors (Lipinski definition) is 3. The van der Waals surface area contributed by atoms with Gasteiger partial charge in [0, 0.05) is 6.04 Å². The maximum absolute atomic E-state index is 11.7. The second kappa shape index (κ2) is 6.48. The third-order valence-electron chi connectivity index (χ3n) is 2.93. The van der Waals surface area contributed by atoms with E-state index < -0.39 is 5.91 Å². The summed E-state index contributed by atoms with van der Waals surface area (Å²) in [5.41, 5.74) is 4.99. The molecule has 0 aliphatic heterocycles. The van der Waals surface area contributed by atoms with Gasteiger partial charge in [0.15, 0.2) is 0 Å². The molecule has 5 heteroatoms. The molecule has 1 atom stereocenters. The molecule has 2 amide bonds. The zero-order valence-electron chi connectivity index (χ0n) is 9.79. The fraction of sp³-hybridized carbons (Fsp3) is 0.818. The van der Waals surface area contributed by atoms with Crippen LogP contribution in [-0.4, -0.2) is 30.4 Å². The molecule has 0 radical (unpaired) electrons. The molecule has 1 aliphatic rings. The van der Waals surface area contributed by atoms with Crippen LogP contribution in [0, 0.1) is 0 Å². The molecule has 0 aromatic rings. The predicted molar refractivity (Wildman–Crippen MR) is 61.7 cm³/mol. The van der Waals surface area contributed by atoms with Crippen molar-refractivity contribution in [2.24, 2.45) is 5.73 Å². The molecule has 4 N–H and O–H groups in total. The van der Waals surface area contributed by atoms with Gasteiger partial charge in [-0.05, 0) is 19.8 Å². The molecule has 1 fully saturated rings. The van der Waals surface area contributed by atoms with E-state index in [0.717, 1.165) is 12.8 Å². The Morgan fingerprint density at radius 2 is 1.94 bits per heavy atom. The topological polar surface area (TPSA) is 84.2 Å². The highest BCUT2D eigenvalue weighted by Crippen LogP contribution is 2.17. The van der Waals surface area contributed by atoms with Gasteiger partial charge in [-0.3, -0.25) is 14.9 Å². The van der Waals surface area contributed by atoms with Crippen LogP contribution in [0.15, 0.2) is 0 Å². The Hall–Kier alpha value is -1.10. The number of nitrogens with one attached hydrogen (secondary N) is 2. The van der Waals surface area contributed by atoms with Crippen molar-refractivity contribution in [2.45, 2.75) is 51.1 Å². The Labute approximate surface area is 96.1 Å². The fourth-order valence-corrected chi connectivity index (χ4v) is 1.92. The minimum atomic E-state index is -0.447. The molecule has 1 aliphatic carbocycles. The van der Waals surface area contributed by atoms with Gasteiger partial charge in [0.25, 0.3) is 0 Å². The summed E-state index contributed by atoms with van der Waals surface area (Å²) in [6, 6.07) is -0.0616. The Bertz CT molecular complexity index is 250. The van der Waals surface area contributed by atoms with E-state index in [2.05, 4.69) is 10.6 Å². The molecular formula is C11H21N3O2. The highest BCUT2D eigenvalue weighted by Gasteiger charge is 2.19. The van der Waals surface area contributed by atoms with E-state index in [9.17, 15) is 9.59 Å². The molecule has 0 bridgehead atoms. The lowest BCUT2D eigenvalue weighted by molar-refractivity contribution is -0.124. The standard InChI is InChI=1S/C11H21N3O2/c1-8(13-7-10(12)15)11(16)14-9-5-3-2-4-6-9/h8-9,13H,2-7H2,1H3,(H2,12,15)(H,14,16). The molecule has 1 rings (SSSR count). The molecule has 0 spiro atoms. The van der Waals surface area contributed by atoms with Crippen LogP contribution in [0.4, 0.5) is 0 Å². The van der Waals surface area contributed by atoms with Gasteiger partial charge < -0.3 is 11.1 Å². The summed E-state index contributed by atoms with van der Waals surface area (Å²) in [6.07, 6.45) is 5.77. The Morgan fingerprint density at radius 1 is 1.31 bits per heavy atom. The van der Waals surface area contributed by atoms with E-state index in [1.54, 1.807) is 6.92 Å². The lowest BCUT2D eigenvalue weighted by atomic mass is 9.95. The number of amides is 2. The van der Waals surface area contributed by atoms with Crippen LogP contribution < -0.4 is 16.4 Å². The Balaban J connectivity index is 2.24. The van der Waals surface area contributed by atoms with Crippen LogP contribution >= 0.6 is 0 Å². The van der Waals surface area contributed by atoms with Crippen molar-refractivity contribution in [2.75, 3.05) is 6.54 Å². The van der Waals surface area contributed by atoms with Crippen molar-refractivity contribution < 1.29 is 9.59 Å². The van der Waals surface area contributed by atoms with Gasteiger partial charge in [-0.2, -0.15) is 0 Å². The maximum atomic E-state index is 11.7. The summed E-state index contributed by atoms with van der Waals surface area (Å²) in [5, 5.41) is 5.77. The molecule has 0 aromatic carbocycles. The Morgan fingerprint density at radius 3 is 2.50 bits per heavy atom. The highest BCUT2D eigenvalue weighted by atomic mass is 16.2. The van der Waals surface area contributed by atoms with Crippen LogP contribution in [0.5, 0.6) is 0 Å². The van der Waals surface area contributed by atoms with Crippen LogP contribution in [0.2, 0.25) is 0 Å². The molecule has 5 nitrogen and oxygen atoms in total. The summed E-state index contributed by atoms with van der Waals surface area (Å²) < 4.78 is 0. The van der Waals surface area contributed by atoms with Gasteiger partial charge in [0.05, 0.1) is 12.6 Å². The number of primary amides is 1. The van der Waals surface area contributed by atoms with Gasteiger partial charge in [-0.25, -0.2) is 0 Å². The largest absolute Gasteiger partial charge is 0.369 e. The van der Waals surface area contributed by atoms with Crippen LogP contribution in [0.3, 0.4) is 0 Å². The van der Waals surface area contributed by atoms with Crippen molar-refractivity contribution in [3.05, 3.63) is 0 Å². The first-order chi connectivity index (χ1) is 7.59. The number of hydrogen-bond acceptors (Lipinski definition) is 3. The molecule has 0 heterocycles. The summed E-state index contributed by atoms with van der Waals surface area (Å²) in [4.78, 5) is 22.2. The van der Waals surface area contributed by atoms with Crippen molar-refractivity contribution in [1.29, 1.82) is 0 Å². The van der Waals surface area contributed by atoms with Gasteiger partial charge in [-0.15, -0.1) is 0 Å². The number of nitrogens with two attached hydrogens (primary N) is 1. The lowest BCUT2D eigenvalue weighted by Crippen LogP contribution is -2.48. The number of rotatable bonds is 5. The molecule has 1 saturated carbocycles. The second-order valence-corrected chi connectivity index (χ2v) is 4.41. The van der Waals surface area contributed by atoms with Crippen molar-refractivity contribution >= 4 is 11.8 Å². The van der Waals surface area contributed by atoms with E-state index in [0.29, 0.717) is 6.04 Å². The third-order valence-corrected chi connectivity index (χ3v) is 2.93.